The Hall–Kier alpha value is -2.95. The van der Waals surface area contributed by atoms with Crippen molar-refractivity contribution < 1.29 is 21.9 Å². The molecule has 1 aliphatic heterocycles. The average molecular weight is 466 g/mol. The van der Waals surface area contributed by atoms with Crippen LogP contribution < -0.4 is 9.46 Å². The van der Waals surface area contributed by atoms with Crippen molar-refractivity contribution in [3.63, 3.8) is 0 Å². The Bertz CT molecular complexity index is 1160. The second-order valence-electron chi connectivity index (χ2n) is 7.83. The third kappa shape index (κ3) is 4.34. The quantitative estimate of drug-likeness (QED) is 0.679. The van der Waals surface area contributed by atoms with Gasteiger partial charge in [0.1, 0.15) is 16.8 Å². The van der Waals surface area contributed by atoms with Crippen molar-refractivity contribution in [2.24, 2.45) is 4.99 Å². The number of rotatable bonds is 7. The number of aliphatic imine (C=N–C) groups is 1. The number of aryl methyl sites for hydroxylation is 1. The lowest BCUT2D eigenvalue weighted by Crippen LogP contribution is -2.28. The molecule has 32 heavy (non-hydrogen) atoms. The summed E-state index contributed by atoms with van der Waals surface area (Å²) in [5.74, 6) is -3.08. The summed E-state index contributed by atoms with van der Waals surface area (Å²) in [5, 5.41) is 4.28. The van der Waals surface area contributed by atoms with Gasteiger partial charge in [-0.25, -0.2) is 17.8 Å². The van der Waals surface area contributed by atoms with E-state index in [-0.39, 0.29) is 23.6 Å². The van der Waals surface area contributed by atoms with Crippen LogP contribution in [0.15, 0.2) is 46.2 Å². The minimum atomic E-state index is -4.36. The third-order valence-electron chi connectivity index (χ3n) is 5.67. The maximum absolute atomic E-state index is 14.8. The van der Waals surface area contributed by atoms with Gasteiger partial charge in [-0.2, -0.15) is 9.49 Å². The molecule has 1 saturated carbocycles. The van der Waals surface area contributed by atoms with Gasteiger partial charge in [-0.15, -0.1) is 0 Å². The van der Waals surface area contributed by atoms with E-state index in [9.17, 15) is 17.2 Å². The minimum absolute atomic E-state index is 0.000724. The summed E-state index contributed by atoms with van der Waals surface area (Å²) in [6, 6.07) is 4.08. The molecule has 0 saturated heterocycles. The van der Waals surface area contributed by atoms with E-state index in [0.29, 0.717) is 19.5 Å². The van der Waals surface area contributed by atoms with Crippen molar-refractivity contribution in [3.8, 4) is 5.75 Å². The summed E-state index contributed by atoms with van der Waals surface area (Å²) >= 11 is 0. The number of ether oxygens (including phenoxy) is 1. The molecule has 1 aromatic carbocycles. The van der Waals surface area contributed by atoms with Gasteiger partial charge < -0.3 is 9.64 Å². The second-order valence-corrected chi connectivity index (χ2v) is 9.49. The van der Waals surface area contributed by atoms with Crippen molar-refractivity contribution in [3.05, 3.63) is 53.6 Å². The number of hydrogen-bond acceptors (Lipinski definition) is 6. The number of benzene rings is 1. The van der Waals surface area contributed by atoms with Gasteiger partial charge in [-0.3, -0.25) is 9.40 Å². The van der Waals surface area contributed by atoms with Crippen LogP contribution in [0.5, 0.6) is 5.75 Å². The number of halogens is 2. The Morgan fingerprint density at radius 1 is 1.22 bits per heavy atom. The van der Waals surface area contributed by atoms with Crippen molar-refractivity contribution >= 4 is 16.4 Å². The summed E-state index contributed by atoms with van der Waals surface area (Å²) in [6.45, 7) is 3.12. The molecule has 2 heterocycles. The molecule has 0 bridgehead atoms. The lowest BCUT2D eigenvalue weighted by molar-refractivity contribution is 0.176. The number of nitrogens with one attached hydrogen (secondary N) is 1. The van der Waals surface area contributed by atoms with Gasteiger partial charge in [-0.1, -0.05) is 0 Å². The van der Waals surface area contributed by atoms with E-state index in [1.807, 2.05) is 17.7 Å². The van der Waals surface area contributed by atoms with Crippen LogP contribution in [0, 0.1) is 11.6 Å². The van der Waals surface area contributed by atoms with Crippen LogP contribution in [0.3, 0.4) is 0 Å². The molecule has 0 spiro atoms. The molecule has 11 heteroatoms. The van der Waals surface area contributed by atoms with Crippen LogP contribution >= 0.6 is 0 Å². The largest absolute Gasteiger partial charge is 0.487 e. The van der Waals surface area contributed by atoms with Gasteiger partial charge in [0.15, 0.2) is 11.6 Å². The molecule has 2 aliphatic rings. The smallest absolute Gasteiger partial charge is 0.266 e. The molecular weight excluding hydrogens is 440 g/mol. The van der Waals surface area contributed by atoms with Crippen molar-refractivity contribution in [2.75, 3.05) is 13.6 Å². The molecule has 0 amide bonds. The van der Waals surface area contributed by atoms with E-state index >= 15 is 0 Å². The fourth-order valence-electron chi connectivity index (χ4n) is 4.05. The van der Waals surface area contributed by atoms with Crippen LogP contribution in [-0.4, -0.2) is 49.1 Å². The monoisotopic (exact) mass is 465 g/mol. The first-order valence-electron chi connectivity index (χ1n) is 10.4. The van der Waals surface area contributed by atoms with Gasteiger partial charge in [-0.05, 0) is 50.5 Å². The predicted molar refractivity (Wildman–Crippen MR) is 115 cm³/mol. The molecule has 4 rings (SSSR count). The van der Waals surface area contributed by atoms with Crippen LogP contribution in [0.2, 0.25) is 0 Å². The molecule has 2 aromatic rings. The van der Waals surface area contributed by atoms with E-state index in [2.05, 4.69) is 14.8 Å². The number of aromatic nitrogens is 2. The summed E-state index contributed by atoms with van der Waals surface area (Å²) in [6.07, 6.45) is 6.74. The molecular formula is C21H25F2N5O3S. The Labute approximate surface area is 185 Å². The highest BCUT2D eigenvalue weighted by atomic mass is 32.2. The van der Waals surface area contributed by atoms with E-state index in [0.717, 1.165) is 30.7 Å². The summed E-state index contributed by atoms with van der Waals surface area (Å²) < 4.78 is 64.7. The molecule has 1 aromatic heterocycles. The Balaban J connectivity index is 1.54. The van der Waals surface area contributed by atoms with E-state index in [4.69, 9.17) is 4.74 Å². The highest BCUT2D eigenvalue weighted by Crippen LogP contribution is 2.38. The van der Waals surface area contributed by atoms with Crippen LogP contribution in [0.25, 0.3) is 0 Å². The van der Waals surface area contributed by atoms with Gasteiger partial charge >= 0.3 is 0 Å². The lowest BCUT2D eigenvalue weighted by atomic mass is 10.0. The number of hydrogen-bond donors (Lipinski definition) is 1. The number of sulfonamides is 1. The number of likely N-dealkylation sites (N-methyl/N-ethyl adjacent to an activating group) is 1. The van der Waals surface area contributed by atoms with Crippen LogP contribution in [-0.2, 0) is 16.6 Å². The van der Waals surface area contributed by atoms with Gasteiger partial charge in [0.2, 0.25) is 5.82 Å². The zero-order valence-electron chi connectivity index (χ0n) is 17.8. The molecule has 0 unspecified atom stereocenters. The van der Waals surface area contributed by atoms with Gasteiger partial charge in [0.05, 0.1) is 6.34 Å². The molecule has 172 valence electrons. The zero-order chi connectivity index (χ0) is 22.9. The molecule has 2 atom stereocenters. The van der Waals surface area contributed by atoms with Crippen LogP contribution in [0.1, 0.15) is 37.8 Å². The first kappa shape index (κ1) is 22.3. The third-order valence-corrected chi connectivity index (χ3v) is 7.04. The van der Waals surface area contributed by atoms with E-state index in [1.165, 1.54) is 12.4 Å². The minimum Gasteiger partial charge on any atom is -0.487 e. The van der Waals surface area contributed by atoms with Crippen LogP contribution in [0.4, 0.5) is 8.78 Å². The number of nitrogens with zero attached hydrogens (tertiary/aromatic N) is 4. The zero-order valence-corrected chi connectivity index (χ0v) is 18.6. The fraction of sp³-hybridized carbons (Fsp3) is 0.429. The Morgan fingerprint density at radius 2 is 2.03 bits per heavy atom. The molecule has 0 radical (unpaired) electrons. The Kier molecular flexibility index (Phi) is 6.18. The maximum Gasteiger partial charge on any atom is 0.266 e. The maximum atomic E-state index is 14.8. The SMILES string of the molecule is CCn1nccc1[C@H]1CCC[C@@H]1Oc1ccc(S(=O)(=O)NC2=CCN(C)C=N2)c(F)c1F. The second kappa shape index (κ2) is 8.89. The van der Waals surface area contributed by atoms with Crippen molar-refractivity contribution in [2.45, 2.75) is 49.6 Å². The predicted octanol–water partition coefficient (Wildman–Crippen LogP) is 2.99. The highest BCUT2D eigenvalue weighted by Gasteiger charge is 2.34. The topological polar surface area (TPSA) is 88.8 Å². The van der Waals surface area contributed by atoms with Crippen molar-refractivity contribution in [1.29, 1.82) is 0 Å². The standard InChI is InChI=1S/C21H25F2N5O3S/c1-3-28-15(9-11-25-28)14-5-4-6-16(14)31-17-7-8-18(21(23)20(17)22)32(29,30)26-19-10-12-27(2)13-24-19/h7-11,13-14,16,26H,3-6,12H2,1-2H3/t14-,16+/m1/s1. The molecule has 1 fully saturated rings. The lowest BCUT2D eigenvalue weighted by Gasteiger charge is -2.23. The Morgan fingerprint density at radius 3 is 2.75 bits per heavy atom. The van der Waals surface area contributed by atoms with Crippen molar-refractivity contribution in [1.82, 2.24) is 19.4 Å². The van der Waals surface area contributed by atoms with Gasteiger partial charge in [0, 0.05) is 37.9 Å². The summed E-state index contributed by atoms with van der Waals surface area (Å²) in [5.41, 5.74) is 0.992. The first-order valence-corrected chi connectivity index (χ1v) is 11.9. The summed E-state index contributed by atoms with van der Waals surface area (Å²) in [7, 11) is -2.59. The van der Waals surface area contributed by atoms with E-state index in [1.54, 1.807) is 18.1 Å². The highest BCUT2D eigenvalue weighted by molar-refractivity contribution is 7.89. The summed E-state index contributed by atoms with van der Waals surface area (Å²) in [4.78, 5) is 4.86. The molecule has 1 N–H and O–H groups in total. The fourth-order valence-corrected chi connectivity index (χ4v) is 5.15. The van der Waals surface area contributed by atoms with Gasteiger partial charge in [0.25, 0.3) is 10.0 Å². The average Bonchev–Trinajstić information content (AvgIpc) is 3.41. The first-order chi connectivity index (χ1) is 15.3. The normalized spacial score (nSPS) is 21.0. The molecule has 1 aliphatic carbocycles. The molecule has 8 nitrogen and oxygen atoms in total. The van der Waals surface area contributed by atoms with E-state index < -0.39 is 26.6 Å².